The van der Waals surface area contributed by atoms with Gasteiger partial charge in [0, 0.05) is 36.2 Å². The molecule has 6 heteroatoms. The molecule has 1 aliphatic rings. The van der Waals surface area contributed by atoms with E-state index in [1.807, 2.05) is 24.3 Å². The number of hydrogen-bond acceptors (Lipinski definition) is 4. The summed E-state index contributed by atoms with van der Waals surface area (Å²) in [6.07, 6.45) is 2.20. The molecule has 6 nitrogen and oxygen atoms in total. The van der Waals surface area contributed by atoms with Gasteiger partial charge in [-0.1, -0.05) is 6.07 Å². The first-order valence-corrected chi connectivity index (χ1v) is 8.73. The number of nitrogens with zero attached hydrogens (tertiary/aromatic N) is 1. The van der Waals surface area contributed by atoms with Gasteiger partial charge in [0.2, 0.25) is 11.8 Å². The minimum absolute atomic E-state index is 0.245. The SMILES string of the molecule is COc1cccc(NC(=O)CC(=O)Nc2ccc(N3CCCC3)cc2)c1. The van der Waals surface area contributed by atoms with Crippen LogP contribution in [0.25, 0.3) is 0 Å². The third-order valence-corrected chi connectivity index (χ3v) is 4.30. The molecule has 2 N–H and O–H groups in total. The molecule has 1 aliphatic heterocycles. The zero-order valence-corrected chi connectivity index (χ0v) is 14.8. The molecule has 1 saturated heterocycles. The fraction of sp³-hybridized carbons (Fsp3) is 0.300. The van der Waals surface area contributed by atoms with Crippen LogP contribution in [0.15, 0.2) is 48.5 Å². The van der Waals surface area contributed by atoms with Crippen LogP contribution in [0, 0.1) is 0 Å². The maximum atomic E-state index is 12.1. The number of methoxy groups -OCH3 is 1. The monoisotopic (exact) mass is 353 g/mol. The number of rotatable bonds is 6. The molecule has 2 amide bonds. The molecule has 0 unspecified atom stereocenters. The van der Waals surface area contributed by atoms with Crippen LogP contribution in [0.4, 0.5) is 17.1 Å². The van der Waals surface area contributed by atoms with Crippen LogP contribution in [0.3, 0.4) is 0 Å². The number of anilines is 3. The molecule has 0 atom stereocenters. The highest BCUT2D eigenvalue weighted by Gasteiger charge is 2.13. The molecule has 3 rings (SSSR count). The molecule has 1 heterocycles. The molecule has 0 aromatic heterocycles. The van der Waals surface area contributed by atoms with Crippen LogP contribution in [0.5, 0.6) is 5.75 Å². The summed E-state index contributed by atoms with van der Waals surface area (Å²) < 4.78 is 5.11. The lowest BCUT2D eigenvalue weighted by molar-refractivity contribution is -0.123. The predicted molar refractivity (Wildman–Crippen MR) is 103 cm³/mol. The summed E-state index contributed by atoms with van der Waals surface area (Å²) >= 11 is 0. The number of nitrogens with one attached hydrogen (secondary N) is 2. The van der Waals surface area contributed by atoms with Crippen LogP contribution in [-0.4, -0.2) is 32.0 Å². The Kier molecular flexibility index (Phi) is 5.73. The molecule has 0 radical (unpaired) electrons. The number of benzene rings is 2. The summed E-state index contributed by atoms with van der Waals surface area (Å²) in [5, 5.41) is 5.45. The van der Waals surface area contributed by atoms with Crippen molar-refractivity contribution in [2.45, 2.75) is 19.3 Å². The van der Waals surface area contributed by atoms with Gasteiger partial charge in [-0.15, -0.1) is 0 Å². The van der Waals surface area contributed by atoms with E-state index in [1.54, 1.807) is 31.4 Å². The van der Waals surface area contributed by atoms with Crippen molar-refractivity contribution >= 4 is 28.9 Å². The van der Waals surface area contributed by atoms with Crippen molar-refractivity contribution in [3.05, 3.63) is 48.5 Å². The molecule has 0 aliphatic carbocycles. The standard InChI is InChI=1S/C20H23N3O3/c1-26-18-6-4-5-16(13-18)22-20(25)14-19(24)21-15-7-9-17(10-8-15)23-11-2-3-12-23/h4-10,13H,2-3,11-12,14H2,1H3,(H,21,24)(H,22,25). The van der Waals surface area contributed by atoms with Crippen LogP contribution in [0.2, 0.25) is 0 Å². The second-order valence-corrected chi connectivity index (χ2v) is 6.25. The zero-order chi connectivity index (χ0) is 18.4. The van der Waals surface area contributed by atoms with Crippen molar-refractivity contribution in [2.24, 2.45) is 0 Å². The zero-order valence-electron chi connectivity index (χ0n) is 14.8. The van der Waals surface area contributed by atoms with E-state index >= 15 is 0 Å². The molecular weight excluding hydrogens is 330 g/mol. The Labute approximate surface area is 153 Å². The number of hydrogen-bond donors (Lipinski definition) is 2. The van der Waals surface area contributed by atoms with Crippen LogP contribution in [0.1, 0.15) is 19.3 Å². The highest BCUT2D eigenvalue weighted by atomic mass is 16.5. The normalized spacial score (nSPS) is 13.3. The predicted octanol–water partition coefficient (Wildman–Crippen LogP) is 3.26. The van der Waals surface area contributed by atoms with Crippen LogP contribution < -0.4 is 20.3 Å². The van der Waals surface area contributed by atoms with Gasteiger partial charge in [-0.3, -0.25) is 9.59 Å². The number of ether oxygens (including phenoxy) is 1. The molecule has 2 aromatic rings. The molecule has 136 valence electrons. The van der Waals surface area contributed by atoms with E-state index in [1.165, 1.54) is 12.8 Å². The molecule has 0 spiro atoms. The van der Waals surface area contributed by atoms with E-state index in [4.69, 9.17) is 4.74 Å². The first kappa shape index (κ1) is 17.8. The van der Waals surface area contributed by atoms with E-state index in [2.05, 4.69) is 15.5 Å². The summed E-state index contributed by atoms with van der Waals surface area (Å²) in [5.74, 6) is -0.0749. The smallest absolute Gasteiger partial charge is 0.233 e. The Hall–Kier alpha value is -3.02. The maximum absolute atomic E-state index is 12.1. The summed E-state index contributed by atoms with van der Waals surface area (Å²) in [5.41, 5.74) is 2.44. The van der Waals surface area contributed by atoms with Gasteiger partial charge >= 0.3 is 0 Å². The van der Waals surface area contributed by atoms with Gasteiger partial charge in [0.25, 0.3) is 0 Å². The molecule has 26 heavy (non-hydrogen) atoms. The fourth-order valence-corrected chi connectivity index (χ4v) is 2.99. The van der Waals surface area contributed by atoms with E-state index in [0.29, 0.717) is 17.1 Å². The van der Waals surface area contributed by atoms with E-state index in [-0.39, 0.29) is 18.2 Å². The molecule has 0 bridgehead atoms. The van der Waals surface area contributed by atoms with Crippen molar-refractivity contribution in [2.75, 3.05) is 35.7 Å². The highest BCUT2D eigenvalue weighted by Crippen LogP contribution is 2.22. The van der Waals surface area contributed by atoms with Gasteiger partial charge < -0.3 is 20.3 Å². The number of carbonyl (C=O) groups is 2. The van der Waals surface area contributed by atoms with Crippen molar-refractivity contribution < 1.29 is 14.3 Å². The minimum Gasteiger partial charge on any atom is -0.497 e. The Morgan fingerprint density at radius 3 is 2.27 bits per heavy atom. The van der Waals surface area contributed by atoms with E-state index < -0.39 is 0 Å². The Morgan fingerprint density at radius 1 is 0.962 bits per heavy atom. The Bertz CT molecular complexity index is 768. The van der Waals surface area contributed by atoms with Gasteiger partial charge in [0.05, 0.1) is 7.11 Å². The maximum Gasteiger partial charge on any atom is 0.233 e. The lowest BCUT2D eigenvalue weighted by Crippen LogP contribution is -2.21. The van der Waals surface area contributed by atoms with Gasteiger partial charge in [0.15, 0.2) is 0 Å². The van der Waals surface area contributed by atoms with Gasteiger partial charge in [-0.25, -0.2) is 0 Å². The first-order chi connectivity index (χ1) is 12.6. The topological polar surface area (TPSA) is 70.7 Å². The van der Waals surface area contributed by atoms with Crippen molar-refractivity contribution in [3.63, 3.8) is 0 Å². The fourth-order valence-electron chi connectivity index (χ4n) is 2.99. The average Bonchev–Trinajstić information content (AvgIpc) is 3.17. The summed E-state index contributed by atoms with van der Waals surface area (Å²) in [6, 6.07) is 14.7. The van der Waals surface area contributed by atoms with Crippen LogP contribution in [-0.2, 0) is 9.59 Å². The second-order valence-electron chi connectivity index (χ2n) is 6.25. The summed E-state index contributed by atoms with van der Waals surface area (Å²) in [6.45, 7) is 2.16. The molecule has 1 fully saturated rings. The van der Waals surface area contributed by atoms with Gasteiger partial charge in [-0.05, 0) is 49.2 Å². The highest BCUT2D eigenvalue weighted by molar-refractivity contribution is 6.08. The first-order valence-electron chi connectivity index (χ1n) is 8.73. The third kappa shape index (κ3) is 4.75. The third-order valence-electron chi connectivity index (χ3n) is 4.30. The van der Waals surface area contributed by atoms with Gasteiger partial charge in [-0.2, -0.15) is 0 Å². The van der Waals surface area contributed by atoms with E-state index in [0.717, 1.165) is 18.8 Å². The molecule has 0 saturated carbocycles. The lowest BCUT2D eigenvalue weighted by Gasteiger charge is -2.17. The van der Waals surface area contributed by atoms with Crippen molar-refractivity contribution in [3.8, 4) is 5.75 Å². The summed E-state index contributed by atoms with van der Waals surface area (Å²) in [4.78, 5) is 26.4. The Morgan fingerprint density at radius 2 is 1.62 bits per heavy atom. The minimum atomic E-state index is -0.371. The number of carbonyl (C=O) groups excluding carboxylic acids is 2. The summed E-state index contributed by atoms with van der Waals surface area (Å²) in [7, 11) is 1.56. The molecule has 2 aromatic carbocycles. The van der Waals surface area contributed by atoms with Crippen molar-refractivity contribution in [1.29, 1.82) is 0 Å². The van der Waals surface area contributed by atoms with Crippen LogP contribution >= 0.6 is 0 Å². The lowest BCUT2D eigenvalue weighted by atomic mass is 10.2. The number of amides is 2. The van der Waals surface area contributed by atoms with Gasteiger partial charge in [0.1, 0.15) is 12.2 Å². The van der Waals surface area contributed by atoms with E-state index in [9.17, 15) is 9.59 Å². The quantitative estimate of drug-likeness (QED) is 0.782. The average molecular weight is 353 g/mol. The second kappa shape index (κ2) is 8.38. The van der Waals surface area contributed by atoms with Crippen molar-refractivity contribution in [1.82, 2.24) is 0 Å². The molecular formula is C20H23N3O3. The largest absolute Gasteiger partial charge is 0.497 e. The Balaban J connectivity index is 1.50.